The number of aromatic nitrogens is 2. The Hall–Kier alpha value is -2.11. The minimum absolute atomic E-state index is 0.174. The van der Waals surface area contributed by atoms with E-state index in [0.717, 1.165) is 29.1 Å². The minimum Gasteiger partial charge on any atom is -0.322 e. The predicted molar refractivity (Wildman–Crippen MR) is 115 cm³/mol. The number of nitrogens with one attached hydrogen (secondary N) is 1. The maximum atomic E-state index is 12.5. The second-order valence-electron chi connectivity index (χ2n) is 7.60. The van der Waals surface area contributed by atoms with Crippen LogP contribution in [0, 0.1) is 6.92 Å². The zero-order valence-electron chi connectivity index (χ0n) is 16.9. The van der Waals surface area contributed by atoms with Crippen molar-refractivity contribution >= 4 is 29.3 Å². The predicted octanol–water partition coefficient (Wildman–Crippen LogP) is 4.80. The number of carbonyl (C=O) groups excluding carboxylic acids is 1. The zero-order valence-corrected chi connectivity index (χ0v) is 17.7. The summed E-state index contributed by atoms with van der Waals surface area (Å²) in [5.41, 5.74) is 3.55. The van der Waals surface area contributed by atoms with Crippen LogP contribution in [0.15, 0.2) is 30.3 Å². The molecule has 0 radical (unpaired) electrons. The van der Waals surface area contributed by atoms with Gasteiger partial charge in [0.2, 0.25) is 5.91 Å². The van der Waals surface area contributed by atoms with E-state index in [-0.39, 0.29) is 5.91 Å². The summed E-state index contributed by atoms with van der Waals surface area (Å²) in [6.07, 6.45) is 9.74. The molecule has 150 valence electrons. The van der Waals surface area contributed by atoms with Gasteiger partial charge in [-0.25, -0.2) is 0 Å². The minimum atomic E-state index is -0.174. The highest BCUT2D eigenvalue weighted by Gasteiger charge is 2.19. The van der Waals surface area contributed by atoms with Crippen LogP contribution in [-0.2, 0) is 18.4 Å². The molecule has 1 amide bonds. The average Bonchev–Trinajstić information content (AvgIpc) is 2.94. The maximum absolute atomic E-state index is 12.5. The van der Waals surface area contributed by atoms with Gasteiger partial charge in [-0.05, 0) is 44.5 Å². The average molecular weight is 401 g/mol. The summed E-state index contributed by atoms with van der Waals surface area (Å²) in [7, 11) is 3.97. The molecule has 1 fully saturated rings. The van der Waals surface area contributed by atoms with E-state index in [0.29, 0.717) is 11.2 Å². The van der Waals surface area contributed by atoms with Crippen molar-refractivity contribution in [3.63, 3.8) is 0 Å². The standard InChI is InChI=1S/C22H29ClN4O/c1-16-19(22(23)27(3)25-16)13-14-21(28)24-20-12-8-7-9-17(20)15-26(2)18-10-5-4-6-11-18/h7-9,12-14,18H,4-6,10-11,15H2,1-3H3,(H,24,28)/b14-13+. The van der Waals surface area contributed by atoms with Crippen molar-refractivity contribution in [2.24, 2.45) is 7.05 Å². The first-order valence-electron chi connectivity index (χ1n) is 9.92. The first kappa shape index (κ1) is 20.6. The number of hydrogen-bond donors (Lipinski definition) is 1. The van der Waals surface area contributed by atoms with Crippen molar-refractivity contribution in [2.75, 3.05) is 12.4 Å². The molecule has 6 heteroatoms. The summed E-state index contributed by atoms with van der Waals surface area (Å²) in [4.78, 5) is 14.9. The monoisotopic (exact) mass is 400 g/mol. The third kappa shape index (κ3) is 5.03. The number of nitrogens with zero attached hydrogens (tertiary/aromatic N) is 3. The van der Waals surface area contributed by atoms with E-state index in [1.807, 2.05) is 25.1 Å². The van der Waals surface area contributed by atoms with Crippen molar-refractivity contribution in [3.05, 3.63) is 52.3 Å². The van der Waals surface area contributed by atoms with Crippen molar-refractivity contribution < 1.29 is 4.79 Å². The lowest BCUT2D eigenvalue weighted by Crippen LogP contribution is -2.33. The molecule has 0 unspecified atom stereocenters. The van der Waals surface area contributed by atoms with E-state index in [2.05, 4.69) is 28.4 Å². The van der Waals surface area contributed by atoms with E-state index in [9.17, 15) is 4.79 Å². The topological polar surface area (TPSA) is 50.2 Å². The van der Waals surface area contributed by atoms with Crippen LogP contribution < -0.4 is 5.32 Å². The van der Waals surface area contributed by atoms with Gasteiger partial charge in [0.25, 0.3) is 0 Å². The summed E-state index contributed by atoms with van der Waals surface area (Å²) >= 11 is 6.23. The van der Waals surface area contributed by atoms with Crippen molar-refractivity contribution in [3.8, 4) is 0 Å². The number of benzene rings is 1. The fourth-order valence-corrected chi connectivity index (χ4v) is 4.11. The molecular formula is C22H29ClN4O. The van der Waals surface area contributed by atoms with E-state index in [1.165, 1.54) is 38.2 Å². The molecule has 0 bridgehead atoms. The molecule has 28 heavy (non-hydrogen) atoms. The lowest BCUT2D eigenvalue weighted by molar-refractivity contribution is -0.111. The van der Waals surface area contributed by atoms with Crippen LogP contribution in [0.5, 0.6) is 0 Å². The highest BCUT2D eigenvalue weighted by molar-refractivity contribution is 6.31. The first-order valence-corrected chi connectivity index (χ1v) is 10.3. The van der Waals surface area contributed by atoms with Gasteiger partial charge >= 0.3 is 0 Å². The van der Waals surface area contributed by atoms with Gasteiger partial charge in [-0.3, -0.25) is 14.4 Å². The summed E-state index contributed by atoms with van der Waals surface area (Å²) < 4.78 is 1.60. The summed E-state index contributed by atoms with van der Waals surface area (Å²) in [6.45, 7) is 2.71. The largest absolute Gasteiger partial charge is 0.322 e. The summed E-state index contributed by atoms with van der Waals surface area (Å²) in [5, 5.41) is 7.80. The molecule has 1 aliphatic rings. The molecule has 1 heterocycles. The van der Waals surface area contributed by atoms with Gasteiger partial charge in [-0.15, -0.1) is 0 Å². The van der Waals surface area contributed by atoms with Gasteiger partial charge in [0.05, 0.1) is 5.69 Å². The normalized spacial score (nSPS) is 15.5. The Balaban J connectivity index is 1.67. The Bertz CT molecular complexity index is 852. The number of carbonyl (C=O) groups is 1. The fraction of sp³-hybridized carbons (Fsp3) is 0.455. The van der Waals surface area contributed by atoms with Crippen LogP contribution in [0.25, 0.3) is 6.08 Å². The van der Waals surface area contributed by atoms with Crippen LogP contribution in [0.3, 0.4) is 0 Å². The number of para-hydroxylation sites is 1. The first-order chi connectivity index (χ1) is 13.5. The van der Waals surface area contributed by atoms with E-state index in [4.69, 9.17) is 11.6 Å². The van der Waals surface area contributed by atoms with Crippen molar-refractivity contribution in [1.29, 1.82) is 0 Å². The molecule has 3 rings (SSSR count). The van der Waals surface area contributed by atoms with Crippen LogP contribution in [0.2, 0.25) is 5.15 Å². The molecular weight excluding hydrogens is 372 g/mol. The molecule has 2 aromatic rings. The summed E-state index contributed by atoms with van der Waals surface area (Å²) in [6, 6.07) is 8.65. The molecule has 1 aromatic heterocycles. The van der Waals surface area contributed by atoms with Gasteiger partial charge in [-0.1, -0.05) is 49.1 Å². The highest BCUT2D eigenvalue weighted by Crippen LogP contribution is 2.25. The van der Waals surface area contributed by atoms with Gasteiger partial charge in [-0.2, -0.15) is 5.10 Å². The number of anilines is 1. The number of halogens is 1. The van der Waals surface area contributed by atoms with Crippen LogP contribution in [-0.4, -0.2) is 33.7 Å². The summed E-state index contributed by atoms with van der Waals surface area (Å²) in [5.74, 6) is -0.174. The second-order valence-corrected chi connectivity index (χ2v) is 7.96. The second kappa shape index (κ2) is 9.39. The molecule has 1 saturated carbocycles. The molecule has 5 nitrogen and oxygen atoms in total. The van der Waals surface area contributed by atoms with Gasteiger partial charge in [0.15, 0.2) is 0 Å². The lowest BCUT2D eigenvalue weighted by Gasteiger charge is -2.31. The molecule has 0 saturated heterocycles. The Morgan fingerprint density at radius 2 is 2.04 bits per heavy atom. The lowest BCUT2D eigenvalue weighted by atomic mass is 9.94. The maximum Gasteiger partial charge on any atom is 0.248 e. The molecule has 0 atom stereocenters. The smallest absolute Gasteiger partial charge is 0.248 e. The van der Waals surface area contributed by atoms with Crippen LogP contribution in [0.4, 0.5) is 5.69 Å². The fourth-order valence-electron chi connectivity index (χ4n) is 3.87. The molecule has 0 aliphatic heterocycles. The number of aryl methyl sites for hydroxylation is 2. The van der Waals surface area contributed by atoms with Crippen molar-refractivity contribution in [2.45, 2.75) is 51.6 Å². The highest BCUT2D eigenvalue weighted by atomic mass is 35.5. The molecule has 1 N–H and O–H groups in total. The molecule has 1 aliphatic carbocycles. The van der Waals surface area contributed by atoms with E-state index >= 15 is 0 Å². The number of rotatable bonds is 6. The Morgan fingerprint density at radius 1 is 1.32 bits per heavy atom. The quantitative estimate of drug-likeness (QED) is 0.708. The Morgan fingerprint density at radius 3 is 2.71 bits per heavy atom. The van der Waals surface area contributed by atoms with Crippen LogP contribution in [0.1, 0.15) is 48.9 Å². The Labute approximate surface area is 172 Å². The molecule has 0 spiro atoms. The third-order valence-corrected chi connectivity index (χ3v) is 5.94. The van der Waals surface area contributed by atoms with Gasteiger partial charge in [0.1, 0.15) is 5.15 Å². The number of amides is 1. The van der Waals surface area contributed by atoms with Gasteiger partial charge in [0, 0.05) is 37.0 Å². The third-order valence-electron chi connectivity index (χ3n) is 5.49. The Kier molecular flexibility index (Phi) is 6.92. The van der Waals surface area contributed by atoms with E-state index in [1.54, 1.807) is 17.8 Å². The molecule has 1 aromatic carbocycles. The zero-order chi connectivity index (χ0) is 20.1. The van der Waals surface area contributed by atoms with Gasteiger partial charge < -0.3 is 5.32 Å². The van der Waals surface area contributed by atoms with Crippen LogP contribution >= 0.6 is 11.6 Å². The number of hydrogen-bond acceptors (Lipinski definition) is 3. The SMILES string of the molecule is Cc1nn(C)c(Cl)c1/C=C/C(=O)Nc1ccccc1CN(C)C1CCCCC1. The van der Waals surface area contributed by atoms with Crippen molar-refractivity contribution in [1.82, 2.24) is 14.7 Å². The van der Waals surface area contributed by atoms with E-state index < -0.39 is 0 Å².